The van der Waals surface area contributed by atoms with E-state index in [0.717, 1.165) is 24.4 Å². The summed E-state index contributed by atoms with van der Waals surface area (Å²) in [5.41, 5.74) is 0.825. The highest BCUT2D eigenvalue weighted by atomic mass is 16.5. The molecule has 1 amide bonds. The first kappa shape index (κ1) is 13.9. The number of nitrogens with zero attached hydrogens (tertiary/aromatic N) is 1. The van der Waals surface area contributed by atoms with Gasteiger partial charge in [0.05, 0.1) is 12.8 Å². The van der Waals surface area contributed by atoms with Gasteiger partial charge in [-0.25, -0.2) is 0 Å². The van der Waals surface area contributed by atoms with E-state index in [0.29, 0.717) is 12.5 Å². The highest BCUT2D eigenvalue weighted by Crippen LogP contribution is 2.27. The van der Waals surface area contributed by atoms with Crippen molar-refractivity contribution in [3.05, 3.63) is 24.3 Å². The summed E-state index contributed by atoms with van der Waals surface area (Å²) in [6.45, 7) is 1.02. The van der Waals surface area contributed by atoms with Gasteiger partial charge >= 0.3 is 0 Å². The third-order valence-corrected chi connectivity index (χ3v) is 3.65. The fraction of sp³-hybridized carbons (Fsp3) is 0.533. The van der Waals surface area contributed by atoms with E-state index in [1.807, 2.05) is 31.3 Å². The summed E-state index contributed by atoms with van der Waals surface area (Å²) in [7, 11) is 3.43. The van der Waals surface area contributed by atoms with Gasteiger partial charge < -0.3 is 15.0 Å². The predicted octanol–water partition coefficient (Wildman–Crippen LogP) is 2.19. The van der Waals surface area contributed by atoms with Gasteiger partial charge in [-0.3, -0.25) is 4.79 Å². The van der Waals surface area contributed by atoms with E-state index >= 15 is 0 Å². The maximum atomic E-state index is 12.3. The number of carbonyl (C=O) groups excluding carboxylic acids is 1. The molecule has 0 aliphatic carbocycles. The summed E-state index contributed by atoms with van der Waals surface area (Å²) in [6, 6.07) is 7.92. The molecule has 0 aromatic heterocycles. The SMILES string of the molecule is COc1ccccc1N(C)C(=O)CC1CCCCN1. The van der Waals surface area contributed by atoms with Crippen LogP contribution in [0.5, 0.6) is 5.75 Å². The van der Waals surface area contributed by atoms with Gasteiger partial charge in [0.15, 0.2) is 0 Å². The van der Waals surface area contributed by atoms with E-state index in [-0.39, 0.29) is 5.91 Å². The molecule has 4 heteroatoms. The summed E-state index contributed by atoms with van der Waals surface area (Å²) in [4.78, 5) is 14.0. The van der Waals surface area contributed by atoms with Crippen molar-refractivity contribution >= 4 is 11.6 Å². The Bertz CT molecular complexity index is 428. The molecular weight excluding hydrogens is 240 g/mol. The molecule has 104 valence electrons. The molecule has 1 aliphatic heterocycles. The number of rotatable bonds is 4. The highest BCUT2D eigenvalue weighted by Gasteiger charge is 2.20. The maximum absolute atomic E-state index is 12.3. The lowest BCUT2D eigenvalue weighted by Gasteiger charge is -2.26. The summed E-state index contributed by atoms with van der Waals surface area (Å²) in [5.74, 6) is 0.860. The van der Waals surface area contributed by atoms with Crippen molar-refractivity contribution in [2.24, 2.45) is 0 Å². The maximum Gasteiger partial charge on any atom is 0.228 e. The summed E-state index contributed by atoms with van der Waals surface area (Å²) in [6.07, 6.45) is 4.07. The normalized spacial score (nSPS) is 18.9. The zero-order valence-corrected chi connectivity index (χ0v) is 11.7. The van der Waals surface area contributed by atoms with Gasteiger partial charge in [-0.05, 0) is 31.5 Å². The Kier molecular flexibility index (Phi) is 4.80. The van der Waals surface area contributed by atoms with Crippen LogP contribution in [0.3, 0.4) is 0 Å². The molecule has 2 rings (SSSR count). The molecule has 1 heterocycles. The highest BCUT2D eigenvalue weighted by molar-refractivity contribution is 5.94. The van der Waals surface area contributed by atoms with Crippen LogP contribution >= 0.6 is 0 Å². The molecule has 0 saturated carbocycles. The van der Waals surface area contributed by atoms with Gasteiger partial charge in [-0.1, -0.05) is 18.6 Å². The van der Waals surface area contributed by atoms with Crippen molar-refractivity contribution in [1.82, 2.24) is 5.32 Å². The van der Waals surface area contributed by atoms with Crippen molar-refractivity contribution in [3.8, 4) is 5.75 Å². The van der Waals surface area contributed by atoms with Gasteiger partial charge in [0.25, 0.3) is 0 Å². The second-order valence-corrected chi connectivity index (χ2v) is 4.98. The Balaban J connectivity index is 2.01. The fourth-order valence-electron chi connectivity index (χ4n) is 2.49. The van der Waals surface area contributed by atoms with Crippen LogP contribution in [0, 0.1) is 0 Å². The molecule has 1 unspecified atom stereocenters. The van der Waals surface area contributed by atoms with Crippen LogP contribution in [0.1, 0.15) is 25.7 Å². The van der Waals surface area contributed by atoms with Crippen LogP contribution in [0.25, 0.3) is 0 Å². The van der Waals surface area contributed by atoms with E-state index < -0.39 is 0 Å². The average Bonchev–Trinajstić information content (AvgIpc) is 2.47. The standard InChI is InChI=1S/C15H22N2O2/c1-17(13-8-3-4-9-14(13)19-2)15(18)11-12-7-5-6-10-16-12/h3-4,8-9,12,16H,5-7,10-11H2,1-2H3. The molecule has 1 aliphatic rings. The van der Waals surface area contributed by atoms with Crippen molar-refractivity contribution in [3.63, 3.8) is 0 Å². The van der Waals surface area contributed by atoms with Crippen LogP contribution in [0.4, 0.5) is 5.69 Å². The van der Waals surface area contributed by atoms with Crippen LogP contribution in [0.2, 0.25) is 0 Å². The van der Waals surface area contributed by atoms with Gasteiger partial charge in [0, 0.05) is 19.5 Å². The number of para-hydroxylation sites is 2. The first-order valence-electron chi connectivity index (χ1n) is 6.85. The average molecular weight is 262 g/mol. The number of carbonyl (C=O) groups is 1. The molecule has 1 N–H and O–H groups in total. The molecule has 1 aromatic carbocycles. The number of benzene rings is 1. The van der Waals surface area contributed by atoms with Crippen LogP contribution in [-0.4, -0.2) is 32.7 Å². The molecule has 0 bridgehead atoms. The van der Waals surface area contributed by atoms with Gasteiger partial charge in [-0.2, -0.15) is 0 Å². The van der Waals surface area contributed by atoms with E-state index in [4.69, 9.17) is 4.74 Å². The van der Waals surface area contributed by atoms with Gasteiger partial charge in [-0.15, -0.1) is 0 Å². The number of amides is 1. The van der Waals surface area contributed by atoms with Crippen LogP contribution < -0.4 is 15.0 Å². The molecule has 1 aromatic rings. The number of methoxy groups -OCH3 is 1. The van der Waals surface area contributed by atoms with E-state index in [1.54, 1.807) is 12.0 Å². The molecule has 19 heavy (non-hydrogen) atoms. The molecular formula is C15H22N2O2. The molecule has 1 saturated heterocycles. The number of piperidine rings is 1. The summed E-state index contributed by atoms with van der Waals surface area (Å²) >= 11 is 0. The number of hydrogen-bond acceptors (Lipinski definition) is 3. The Morgan fingerprint density at radius 2 is 2.21 bits per heavy atom. The summed E-state index contributed by atoms with van der Waals surface area (Å²) < 4.78 is 5.30. The second-order valence-electron chi connectivity index (χ2n) is 4.98. The zero-order valence-electron chi connectivity index (χ0n) is 11.7. The van der Waals surface area contributed by atoms with Crippen molar-refractivity contribution in [1.29, 1.82) is 0 Å². The number of anilines is 1. The minimum Gasteiger partial charge on any atom is -0.495 e. The zero-order chi connectivity index (χ0) is 13.7. The lowest BCUT2D eigenvalue weighted by molar-refractivity contribution is -0.118. The number of hydrogen-bond donors (Lipinski definition) is 1. The third kappa shape index (κ3) is 3.47. The van der Waals surface area contributed by atoms with E-state index in [1.165, 1.54) is 12.8 Å². The van der Waals surface area contributed by atoms with Crippen molar-refractivity contribution in [2.45, 2.75) is 31.7 Å². The van der Waals surface area contributed by atoms with Crippen molar-refractivity contribution < 1.29 is 9.53 Å². The van der Waals surface area contributed by atoms with Crippen molar-refractivity contribution in [2.75, 3.05) is 25.6 Å². The number of nitrogens with one attached hydrogen (secondary N) is 1. The first-order valence-corrected chi connectivity index (χ1v) is 6.85. The monoisotopic (exact) mass is 262 g/mol. The minimum absolute atomic E-state index is 0.129. The Morgan fingerprint density at radius 3 is 2.89 bits per heavy atom. The molecule has 1 atom stereocenters. The van der Waals surface area contributed by atoms with Crippen LogP contribution in [-0.2, 0) is 4.79 Å². The fourth-order valence-corrected chi connectivity index (χ4v) is 2.49. The topological polar surface area (TPSA) is 41.6 Å². The van der Waals surface area contributed by atoms with E-state index in [2.05, 4.69) is 5.32 Å². The Hall–Kier alpha value is -1.55. The number of ether oxygens (including phenoxy) is 1. The Labute approximate surface area is 114 Å². The molecule has 0 radical (unpaired) electrons. The van der Waals surface area contributed by atoms with Crippen LogP contribution in [0.15, 0.2) is 24.3 Å². The lowest BCUT2D eigenvalue weighted by Crippen LogP contribution is -2.39. The van der Waals surface area contributed by atoms with Gasteiger partial charge in [0.1, 0.15) is 5.75 Å². The third-order valence-electron chi connectivity index (χ3n) is 3.65. The van der Waals surface area contributed by atoms with E-state index in [9.17, 15) is 4.79 Å². The quantitative estimate of drug-likeness (QED) is 0.904. The second kappa shape index (κ2) is 6.57. The lowest BCUT2D eigenvalue weighted by atomic mass is 10.0. The predicted molar refractivity (Wildman–Crippen MR) is 76.7 cm³/mol. The molecule has 4 nitrogen and oxygen atoms in total. The largest absolute Gasteiger partial charge is 0.495 e. The summed E-state index contributed by atoms with van der Waals surface area (Å²) in [5, 5.41) is 3.41. The molecule has 1 fully saturated rings. The Morgan fingerprint density at radius 1 is 1.42 bits per heavy atom. The first-order chi connectivity index (χ1) is 9.22. The minimum atomic E-state index is 0.129. The molecule has 0 spiro atoms. The van der Waals surface area contributed by atoms with Gasteiger partial charge in [0.2, 0.25) is 5.91 Å². The smallest absolute Gasteiger partial charge is 0.228 e.